The molecule has 92 valence electrons. The van der Waals surface area contributed by atoms with Crippen LogP contribution in [-0.2, 0) is 0 Å². The molecule has 0 saturated carbocycles. The molecule has 0 bridgehead atoms. The van der Waals surface area contributed by atoms with Crippen molar-refractivity contribution in [3.8, 4) is 0 Å². The monoisotopic (exact) mass is 238 g/mol. The summed E-state index contributed by atoms with van der Waals surface area (Å²) in [6.45, 7) is 3.86. The third kappa shape index (κ3) is 2.02. The van der Waals surface area contributed by atoms with Gasteiger partial charge in [-0.25, -0.2) is 8.78 Å². The lowest BCUT2D eigenvalue weighted by atomic mass is 9.75. The van der Waals surface area contributed by atoms with Crippen molar-refractivity contribution in [1.29, 1.82) is 0 Å². The van der Waals surface area contributed by atoms with Crippen LogP contribution in [0.25, 0.3) is 0 Å². The summed E-state index contributed by atoms with van der Waals surface area (Å²) in [6.07, 6.45) is 2.31. The zero-order chi connectivity index (χ0) is 11.9. The fourth-order valence-corrected chi connectivity index (χ4v) is 2.92. The normalized spacial score (nSPS) is 22.6. The number of rotatable bonds is 1. The SMILES string of the molecule is Fc1cc(F)cc(N2CCCC3(CNC3)C2)c1. The van der Waals surface area contributed by atoms with Gasteiger partial charge in [-0.2, -0.15) is 0 Å². The minimum Gasteiger partial charge on any atom is -0.371 e. The highest BCUT2D eigenvalue weighted by atomic mass is 19.1. The predicted octanol–water partition coefficient (Wildman–Crippen LogP) is 2.15. The van der Waals surface area contributed by atoms with Gasteiger partial charge in [-0.1, -0.05) is 0 Å². The van der Waals surface area contributed by atoms with Gasteiger partial charge in [0.05, 0.1) is 0 Å². The van der Waals surface area contributed by atoms with E-state index in [4.69, 9.17) is 0 Å². The van der Waals surface area contributed by atoms with Crippen LogP contribution in [0, 0.1) is 17.0 Å². The van der Waals surface area contributed by atoms with Crippen molar-refractivity contribution >= 4 is 5.69 Å². The van der Waals surface area contributed by atoms with Crippen LogP contribution in [0.1, 0.15) is 12.8 Å². The Bertz CT molecular complexity index is 409. The third-order valence-corrected chi connectivity index (χ3v) is 3.87. The maximum absolute atomic E-state index is 13.2. The lowest BCUT2D eigenvalue weighted by molar-refractivity contribution is 0.138. The highest BCUT2D eigenvalue weighted by Gasteiger charge is 2.40. The number of anilines is 1. The van der Waals surface area contributed by atoms with Crippen LogP contribution < -0.4 is 10.2 Å². The number of hydrogen-bond acceptors (Lipinski definition) is 2. The van der Waals surface area contributed by atoms with Gasteiger partial charge < -0.3 is 10.2 Å². The molecular formula is C13H16F2N2. The Labute approximate surface area is 99.6 Å². The van der Waals surface area contributed by atoms with Gasteiger partial charge in [0.2, 0.25) is 0 Å². The van der Waals surface area contributed by atoms with E-state index in [2.05, 4.69) is 10.2 Å². The van der Waals surface area contributed by atoms with Gasteiger partial charge in [0.15, 0.2) is 0 Å². The van der Waals surface area contributed by atoms with Gasteiger partial charge >= 0.3 is 0 Å². The highest BCUT2D eigenvalue weighted by molar-refractivity contribution is 5.48. The Morgan fingerprint density at radius 1 is 1.12 bits per heavy atom. The molecule has 3 rings (SSSR count). The van der Waals surface area contributed by atoms with E-state index in [-0.39, 0.29) is 0 Å². The van der Waals surface area contributed by atoms with Gasteiger partial charge in [-0.3, -0.25) is 0 Å². The summed E-state index contributed by atoms with van der Waals surface area (Å²) >= 11 is 0. The van der Waals surface area contributed by atoms with Crippen molar-refractivity contribution in [2.75, 3.05) is 31.1 Å². The highest BCUT2D eigenvalue weighted by Crippen LogP contribution is 2.35. The topological polar surface area (TPSA) is 15.3 Å². The van der Waals surface area contributed by atoms with E-state index in [1.54, 1.807) is 0 Å². The molecule has 1 aromatic carbocycles. The first-order valence-corrected chi connectivity index (χ1v) is 6.09. The molecule has 0 atom stereocenters. The van der Waals surface area contributed by atoms with Gasteiger partial charge in [-0.05, 0) is 25.0 Å². The molecular weight excluding hydrogens is 222 g/mol. The average Bonchev–Trinajstić information content (AvgIpc) is 2.26. The van der Waals surface area contributed by atoms with Crippen molar-refractivity contribution in [2.45, 2.75) is 12.8 Å². The molecule has 2 saturated heterocycles. The summed E-state index contributed by atoms with van der Waals surface area (Å²) in [5, 5.41) is 3.29. The van der Waals surface area contributed by atoms with Crippen molar-refractivity contribution in [3.05, 3.63) is 29.8 Å². The number of nitrogens with zero attached hydrogens (tertiary/aromatic N) is 1. The fraction of sp³-hybridized carbons (Fsp3) is 0.538. The molecule has 1 aromatic rings. The summed E-state index contributed by atoms with van der Waals surface area (Å²) in [5.41, 5.74) is 1.01. The van der Waals surface area contributed by atoms with E-state index >= 15 is 0 Å². The van der Waals surface area contributed by atoms with Gasteiger partial charge in [0.25, 0.3) is 0 Å². The average molecular weight is 238 g/mol. The standard InChI is InChI=1S/C13H16F2N2/c14-10-4-11(15)6-12(5-10)17-3-1-2-13(9-17)7-16-8-13/h4-6,16H,1-3,7-9H2. The van der Waals surface area contributed by atoms with Gasteiger partial charge in [0, 0.05) is 43.3 Å². The summed E-state index contributed by atoms with van der Waals surface area (Å²) in [4.78, 5) is 2.11. The number of nitrogens with one attached hydrogen (secondary N) is 1. The maximum atomic E-state index is 13.2. The Morgan fingerprint density at radius 2 is 1.82 bits per heavy atom. The minimum atomic E-state index is -0.494. The van der Waals surface area contributed by atoms with E-state index in [1.807, 2.05) is 0 Å². The van der Waals surface area contributed by atoms with E-state index in [1.165, 1.54) is 18.6 Å². The van der Waals surface area contributed by atoms with Gasteiger partial charge in [-0.15, -0.1) is 0 Å². The molecule has 0 radical (unpaired) electrons. The number of hydrogen-bond donors (Lipinski definition) is 1. The van der Waals surface area contributed by atoms with E-state index < -0.39 is 11.6 Å². The molecule has 2 fully saturated rings. The maximum Gasteiger partial charge on any atom is 0.128 e. The molecule has 2 nitrogen and oxygen atoms in total. The zero-order valence-electron chi connectivity index (χ0n) is 9.68. The lowest BCUT2D eigenvalue weighted by Crippen LogP contribution is -2.61. The van der Waals surface area contributed by atoms with Crippen LogP contribution in [0.15, 0.2) is 18.2 Å². The van der Waals surface area contributed by atoms with Gasteiger partial charge in [0.1, 0.15) is 11.6 Å². The Balaban J connectivity index is 1.83. The largest absolute Gasteiger partial charge is 0.371 e. The lowest BCUT2D eigenvalue weighted by Gasteiger charge is -2.50. The predicted molar refractivity (Wildman–Crippen MR) is 63.1 cm³/mol. The first-order chi connectivity index (χ1) is 8.17. The summed E-state index contributed by atoms with van der Waals surface area (Å²) in [5.74, 6) is -0.988. The zero-order valence-corrected chi connectivity index (χ0v) is 9.68. The second kappa shape index (κ2) is 3.95. The summed E-state index contributed by atoms with van der Waals surface area (Å²) in [7, 11) is 0. The molecule has 1 spiro atoms. The first-order valence-electron chi connectivity index (χ1n) is 6.09. The first kappa shape index (κ1) is 11.0. The van der Waals surface area contributed by atoms with Crippen LogP contribution >= 0.6 is 0 Å². The molecule has 0 unspecified atom stereocenters. The van der Waals surface area contributed by atoms with Crippen LogP contribution in [0.5, 0.6) is 0 Å². The molecule has 0 amide bonds. The molecule has 17 heavy (non-hydrogen) atoms. The van der Waals surface area contributed by atoms with Crippen LogP contribution in [-0.4, -0.2) is 26.2 Å². The second-order valence-corrected chi connectivity index (χ2v) is 5.26. The summed E-state index contributed by atoms with van der Waals surface area (Å²) < 4.78 is 26.4. The smallest absolute Gasteiger partial charge is 0.128 e. The van der Waals surface area contributed by atoms with Crippen molar-refractivity contribution in [3.63, 3.8) is 0 Å². The number of halogens is 2. The molecule has 4 heteroatoms. The second-order valence-electron chi connectivity index (χ2n) is 5.26. The number of benzene rings is 1. The van der Waals surface area contributed by atoms with Crippen LogP contribution in [0.2, 0.25) is 0 Å². The molecule has 0 aliphatic carbocycles. The quantitative estimate of drug-likeness (QED) is 0.806. The Hall–Kier alpha value is -1.16. The summed E-state index contributed by atoms with van der Waals surface area (Å²) in [6, 6.07) is 3.77. The van der Waals surface area contributed by atoms with E-state index in [9.17, 15) is 8.78 Å². The Morgan fingerprint density at radius 3 is 2.41 bits per heavy atom. The van der Waals surface area contributed by atoms with E-state index in [0.29, 0.717) is 11.1 Å². The van der Waals surface area contributed by atoms with Crippen molar-refractivity contribution in [1.82, 2.24) is 5.32 Å². The van der Waals surface area contributed by atoms with Crippen LogP contribution in [0.4, 0.5) is 14.5 Å². The number of piperidine rings is 1. The fourth-order valence-electron chi connectivity index (χ4n) is 2.92. The molecule has 2 aliphatic rings. The molecule has 2 heterocycles. The molecule has 1 N–H and O–H groups in total. The Kier molecular flexibility index (Phi) is 2.54. The van der Waals surface area contributed by atoms with Crippen LogP contribution in [0.3, 0.4) is 0 Å². The molecule has 0 aromatic heterocycles. The third-order valence-electron chi connectivity index (χ3n) is 3.87. The van der Waals surface area contributed by atoms with E-state index in [0.717, 1.165) is 38.7 Å². The van der Waals surface area contributed by atoms with Crippen molar-refractivity contribution < 1.29 is 8.78 Å². The van der Waals surface area contributed by atoms with Crippen molar-refractivity contribution in [2.24, 2.45) is 5.41 Å². The molecule has 2 aliphatic heterocycles. The minimum absolute atomic E-state index is 0.334.